The molecule has 0 aliphatic carbocycles. The minimum Gasteiger partial charge on any atom is -0.328 e. The highest BCUT2D eigenvalue weighted by atomic mass is 79.9. The van der Waals surface area contributed by atoms with E-state index < -0.39 is 0 Å². The van der Waals surface area contributed by atoms with Crippen LogP contribution in [-0.2, 0) is 0 Å². The summed E-state index contributed by atoms with van der Waals surface area (Å²) in [6.07, 6.45) is 1.37. The number of hydrogen-bond donors (Lipinski definition) is 1. The Labute approximate surface area is 65.4 Å². The van der Waals surface area contributed by atoms with Crippen LogP contribution >= 0.6 is 15.9 Å². The maximum Gasteiger partial charge on any atom is 0.249 e. The highest BCUT2D eigenvalue weighted by molar-refractivity contribution is 9.10. The van der Waals surface area contributed by atoms with Crippen molar-refractivity contribution in [2.45, 2.75) is 0 Å². The van der Waals surface area contributed by atoms with Gasteiger partial charge in [-0.25, -0.2) is 0 Å². The predicted molar refractivity (Wildman–Crippen MR) is 39.5 cm³/mol. The maximum absolute atomic E-state index is 10.6. The van der Waals surface area contributed by atoms with Gasteiger partial charge in [0.05, 0.1) is 5.56 Å². The molecule has 0 bridgehead atoms. The number of pyridine rings is 1. The fourth-order valence-corrected chi connectivity index (χ4v) is 0.943. The fourth-order valence-electron chi connectivity index (χ4n) is 0.532. The lowest BCUT2D eigenvalue weighted by Gasteiger charge is -1.89. The summed E-state index contributed by atoms with van der Waals surface area (Å²) >= 11 is 3.06. The minimum absolute atomic E-state index is 0.217. The number of halogens is 1. The van der Waals surface area contributed by atoms with Gasteiger partial charge in [-0.3, -0.25) is 4.79 Å². The Kier molecular flexibility index (Phi) is 1.88. The van der Waals surface area contributed by atoms with Crippen molar-refractivity contribution in [3.63, 3.8) is 0 Å². The summed E-state index contributed by atoms with van der Waals surface area (Å²) in [5.41, 5.74) is 0.213. The lowest BCUT2D eigenvalue weighted by Crippen LogP contribution is -2.02. The zero-order valence-electron chi connectivity index (χ0n) is 4.89. The van der Waals surface area contributed by atoms with Crippen LogP contribution < -0.4 is 5.56 Å². The Morgan fingerprint density at radius 3 is 2.90 bits per heavy atom. The molecule has 0 unspecified atom stereocenters. The van der Waals surface area contributed by atoms with Gasteiger partial charge in [-0.1, -0.05) is 0 Å². The van der Waals surface area contributed by atoms with E-state index >= 15 is 0 Å². The van der Waals surface area contributed by atoms with Gasteiger partial charge in [0.2, 0.25) is 5.56 Å². The molecule has 0 radical (unpaired) electrons. The van der Waals surface area contributed by atoms with E-state index in [0.29, 0.717) is 10.0 Å². The molecule has 0 saturated carbocycles. The van der Waals surface area contributed by atoms with Gasteiger partial charge < -0.3 is 4.98 Å². The molecule has 0 aliphatic rings. The van der Waals surface area contributed by atoms with Gasteiger partial charge in [-0.05, 0) is 15.9 Å². The number of nitriles is 1. The molecule has 0 spiro atoms. The van der Waals surface area contributed by atoms with Crippen LogP contribution in [0.15, 0.2) is 21.5 Å². The van der Waals surface area contributed by atoms with Gasteiger partial charge in [-0.15, -0.1) is 0 Å². The van der Waals surface area contributed by atoms with Crippen molar-refractivity contribution < 1.29 is 0 Å². The smallest absolute Gasteiger partial charge is 0.249 e. The highest BCUT2D eigenvalue weighted by Gasteiger charge is 1.96. The molecule has 0 aromatic carbocycles. The molecule has 0 aliphatic heterocycles. The molecule has 1 aromatic rings. The summed E-state index contributed by atoms with van der Waals surface area (Å²) in [6, 6.07) is 3.22. The molecule has 3 nitrogen and oxygen atoms in total. The van der Waals surface area contributed by atoms with Crippen LogP contribution in [0.5, 0.6) is 0 Å². The summed E-state index contributed by atoms with van der Waals surface area (Å²) in [7, 11) is 0. The second kappa shape index (κ2) is 2.67. The molecule has 1 rings (SSSR count). The third-order valence-electron chi connectivity index (χ3n) is 0.994. The van der Waals surface area contributed by atoms with Gasteiger partial charge in [0.25, 0.3) is 0 Å². The first-order chi connectivity index (χ1) is 4.74. The monoisotopic (exact) mass is 198 g/mol. The Hall–Kier alpha value is -1.08. The average Bonchev–Trinajstić information content (AvgIpc) is 1.88. The molecule has 10 heavy (non-hydrogen) atoms. The van der Waals surface area contributed by atoms with E-state index in [1.165, 1.54) is 12.3 Å². The average molecular weight is 199 g/mol. The number of hydrogen-bond acceptors (Lipinski definition) is 2. The van der Waals surface area contributed by atoms with Crippen LogP contribution in [0.4, 0.5) is 0 Å². The number of aromatic amines is 1. The molecule has 1 aromatic heterocycles. The van der Waals surface area contributed by atoms with Crippen molar-refractivity contribution in [3.05, 3.63) is 32.7 Å². The summed E-state index contributed by atoms with van der Waals surface area (Å²) in [5, 5.41) is 8.41. The van der Waals surface area contributed by atoms with Crippen molar-refractivity contribution in [3.8, 4) is 6.07 Å². The molecule has 0 atom stereocenters. The largest absolute Gasteiger partial charge is 0.328 e. The Morgan fingerprint density at radius 2 is 2.40 bits per heavy atom. The van der Waals surface area contributed by atoms with E-state index in [4.69, 9.17) is 5.26 Å². The number of aromatic nitrogens is 1. The topological polar surface area (TPSA) is 56.6 Å². The third-order valence-corrected chi connectivity index (χ3v) is 1.65. The van der Waals surface area contributed by atoms with Crippen LogP contribution in [0, 0.1) is 11.3 Å². The van der Waals surface area contributed by atoms with Crippen LogP contribution in [0.3, 0.4) is 0 Å². The lowest BCUT2D eigenvalue weighted by molar-refractivity contribution is 1.21. The SMILES string of the molecule is N#Cc1c[nH]c(=O)cc1Br. The van der Waals surface area contributed by atoms with Gasteiger partial charge in [-0.2, -0.15) is 5.26 Å². The first-order valence-corrected chi connectivity index (χ1v) is 3.31. The summed E-state index contributed by atoms with van der Waals surface area (Å²) in [5.74, 6) is 0. The van der Waals surface area contributed by atoms with Crippen molar-refractivity contribution in [2.75, 3.05) is 0 Å². The number of nitrogens with zero attached hydrogens (tertiary/aromatic N) is 1. The van der Waals surface area contributed by atoms with Gasteiger partial charge in [0, 0.05) is 16.7 Å². The summed E-state index contributed by atoms with van der Waals surface area (Å²) < 4.78 is 0.527. The van der Waals surface area contributed by atoms with Crippen molar-refractivity contribution in [2.24, 2.45) is 0 Å². The predicted octanol–water partition coefficient (Wildman–Crippen LogP) is 1.01. The molecule has 4 heteroatoms. The fraction of sp³-hybridized carbons (Fsp3) is 0. The zero-order valence-corrected chi connectivity index (χ0v) is 6.47. The Morgan fingerprint density at radius 1 is 1.70 bits per heavy atom. The van der Waals surface area contributed by atoms with E-state index in [-0.39, 0.29) is 5.56 Å². The first-order valence-electron chi connectivity index (χ1n) is 2.52. The lowest BCUT2D eigenvalue weighted by atomic mass is 10.3. The van der Waals surface area contributed by atoms with Gasteiger partial charge >= 0.3 is 0 Å². The molecule has 0 fully saturated rings. The van der Waals surface area contributed by atoms with Crippen LogP contribution in [0.25, 0.3) is 0 Å². The first kappa shape index (κ1) is 7.03. The van der Waals surface area contributed by atoms with E-state index in [1.54, 1.807) is 0 Å². The second-order valence-corrected chi connectivity index (χ2v) is 2.53. The Balaban J connectivity index is 3.37. The highest BCUT2D eigenvalue weighted by Crippen LogP contribution is 2.10. The van der Waals surface area contributed by atoms with Gasteiger partial charge in [0.15, 0.2) is 0 Å². The minimum atomic E-state index is -0.217. The quantitative estimate of drug-likeness (QED) is 0.677. The molecule has 0 amide bonds. The number of H-pyrrole nitrogens is 1. The molecular formula is C6H3BrN2O. The van der Waals surface area contributed by atoms with E-state index in [0.717, 1.165) is 0 Å². The Bertz CT molecular complexity index is 336. The van der Waals surface area contributed by atoms with Crippen molar-refractivity contribution in [1.29, 1.82) is 5.26 Å². The van der Waals surface area contributed by atoms with Crippen molar-refractivity contribution in [1.82, 2.24) is 4.98 Å². The van der Waals surface area contributed by atoms with E-state index in [9.17, 15) is 4.79 Å². The molecule has 50 valence electrons. The van der Waals surface area contributed by atoms with Gasteiger partial charge in [0.1, 0.15) is 6.07 Å². The molecule has 1 N–H and O–H groups in total. The maximum atomic E-state index is 10.6. The third kappa shape index (κ3) is 1.25. The zero-order chi connectivity index (χ0) is 7.56. The normalized spacial score (nSPS) is 8.80. The summed E-state index contributed by atoms with van der Waals surface area (Å²) in [4.78, 5) is 12.9. The number of rotatable bonds is 0. The number of nitrogens with one attached hydrogen (secondary N) is 1. The molecule has 1 heterocycles. The standard InChI is InChI=1S/C6H3BrN2O/c7-5-1-6(10)9-3-4(5)2-8/h1,3H,(H,9,10). The van der Waals surface area contributed by atoms with Crippen LogP contribution in [0.2, 0.25) is 0 Å². The van der Waals surface area contributed by atoms with E-state index in [1.807, 2.05) is 6.07 Å². The molecule has 0 saturated heterocycles. The molecular weight excluding hydrogens is 196 g/mol. The van der Waals surface area contributed by atoms with E-state index in [2.05, 4.69) is 20.9 Å². The summed E-state index contributed by atoms with van der Waals surface area (Å²) in [6.45, 7) is 0. The second-order valence-electron chi connectivity index (χ2n) is 1.67. The van der Waals surface area contributed by atoms with Crippen LogP contribution in [0.1, 0.15) is 5.56 Å². The van der Waals surface area contributed by atoms with Crippen LogP contribution in [-0.4, -0.2) is 4.98 Å². The van der Waals surface area contributed by atoms with Crippen molar-refractivity contribution >= 4 is 15.9 Å².